The summed E-state index contributed by atoms with van der Waals surface area (Å²) in [5.41, 5.74) is 9.56. The number of hydrogen-bond donors (Lipinski definition) is 4. The Balaban J connectivity index is 1.20. The Morgan fingerprint density at radius 1 is 1.07 bits per heavy atom. The molecule has 43 heavy (non-hydrogen) atoms. The minimum atomic E-state index is -0.441. The predicted octanol–water partition coefficient (Wildman–Crippen LogP) is 4.17. The highest BCUT2D eigenvalue weighted by Gasteiger charge is 2.29. The number of nitrogens with one attached hydrogen (secondary N) is 2. The molecule has 0 radical (unpaired) electrons. The number of imidazole rings is 1. The van der Waals surface area contributed by atoms with E-state index in [9.17, 15) is 9.90 Å². The number of aliphatic hydroxyl groups excluding tert-OH is 1. The van der Waals surface area contributed by atoms with E-state index in [0.29, 0.717) is 56.6 Å². The highest BCUT2D eigenvalue weighted by atomic mass is 16.5. The first-order valence-electron chi connectivity index (χ1n) is 15.0. The molecule has 0 unspecified atom stereocenters. The van der Waals surface area contributed by atoms with Crippen LogP contribution in [0.3, 0.4) is 0 Å². The van der Waals surface area contributed by atoms with Crippen LogP contribution in [0.1, 0.15) is 43.5 Å². The molecule has 0 aliphatic carbocycles. The number of carbonyl (C=O) groups is 1. The molecule has 2 heterocycles. The van der Waals surface area contributed by atoms with Crippen molar-refractivity contribution in [1.82, 2.24) is 14.9 Å². The van der Waals surface area contributed by atoms with E-state index in [1.807, 2.05) is 79.7 Å². The van der Waals surface area contributed by atoms with Gasteiger partial charge in [-0.1, -0.05) is 48.5 Å². The maximum atomic E-state index is 12.0. The van der Waals surface area contributed by atoms with E-state index >= 15 is 0 Å². The van der Waals surface area contributed by atoms with E-state index in [1.54, 1.807) is 0 Å². The van der Waals surface area contributed by atoms with Gasteiger partial charge in [-0.05, 0) is 74.5 Å². The van der Waals surface area contributed by atoms with Gasteiger partial charge in [0.1, 0.15) is 6.23 Å². The molecule has 10 nitrogen and oxygen atoms in total. The van der Waals surface area contributed by atoms with Gasteiger partial charge >= 0.3 is 0 Å². The van der Waals surface area contributed by atoms with Gasteiger partial charge in [-0.15, -0.1) is 0 Å². The van der Waals surface area contributed by atoms with Crippen LogP contribution in [0.4, 0.5) is 5.95 Å². The Morgan fingerprint density at radius 2 is 1.88 bits per heavy atom. The van der Waals surface area contributed by atoms with Crippen LogP contribution in [-0.2, 0) is 22.5 Å². The number of aliphatic hydroxyl groups is 1. The van der Waals surface area contributed by atoms with Gasteiger partial charge in [0.2, 0.25) is 11.9 Å². The largest absolute Gasteiger partial charge is 0.490 e. The minimum absolute atomic E-state index is 0.0102. The molecule has 5 rings (SSSR count). The molecule has 4 aromatic rings. The van der Waals surface area contributed by atoms with Crippen molar-refractivity contribution in [1.29, 1.82) is 0 Å². The number of benzene rings is 3. The quantitative estimate of drug-likeness (QED) is 0.144. The maximum absolute atomic E-state index is 12.0. The zero-order chi connectivity index (χ0) is 30.0. The lowest BCUT2D eigenvalue weighted by Crippen LogP contribution is -2.43. The molecule has 3 aromatic carbocycles. The van der Waals surface area contributed by atoms with Crippen molar-refractivity contribution < 1.29 is 24.1 Å². The molecule has 1 aliphatic rings. The highest BCUT2D eigenvalue weighted by molar-refractivity contribution is 5.80. The van der Waals surface area contributed by atoms with Crippen molar-refractivity contribution in [3.63, 3.8) is 0 Å². The van der Waals surface area contributed by atoms with Gasteiger partial charge in [-0.2, -0.15) is 0 Å². The van der Waals surface area contributed by atoms with Crippen molar-refractivity contribution in [2.24, 2.45) is 5.73 Å². The summed E-state index contributed by atoms with van der Waals surface area (Å²) in [5, 5.41) is 16.3. The zero-order valence-corrected chi connectivity index (χ0v) is 24.6. The first kappa shape index (κ1) is 30.3. The number of ether oxygens (including phenoxy) is 3. The number of aromatic nitrogens is 2. The number of fused-ring (bicyclic) bond motifs is 1. The standard InChI is InChI=1S/C33H41N5O5/c1-2-41-29-15-13-24(20-30(29)42-18-8-17-35-27(32(34)40)19-23-9-4-3-5-10-23)21-36-33-37-26-11-6-7-12-28(26)38(33)31-16-14-25(22-39)43-31/h3-7,9-13,15,20,25,27,31,35,39H,2,8,14,16-19,21-22H2,1H3,(H2,34,40)(H,36,37)/t25-,27-,31+/m0/s1. The summed E-state index contributed by atoms with van der Waals surface area (Å²) in [4.78, 5) is 16.8. The second kappa shape index (κ2) is 14.9. The fraction of sp³-hybridized carbons (Fsp3) is 0.394. The minimum Gasteiger partial charge on any atom is -0.490 e. The first-order valence-corrected chi connectivity index (χ1v) is 15.0. The fourth-order valence-corrected chi connectivity index (χ4v) is 5.36. The second-order valence-electron chi connectivity index (χ2n) is 10.6. The Labute approximate surface area is 252 Å². The lowest BCUT2D eigenvalue weighted by Gasteiger charge is -2.19. The monoisotopic (exact) mass is 587 g/mol. The number of nitrogens with two attached hydrogens (primary N) is 1. The Kier molecular flexibility index (Phi) is 10.5. The number of carbonyl (C=O) groups excluding carboxylic acids is 1. The number of amides is 1. The molecule has 5 N–H and O–H groups in total. The van der Waals surface area contributed by atoms with E-state index in [0.717, 1.165) is 35.0 Å². The summed E-state index contributed by atoms with van der Waals surface area (Å²) >= 11 is 0. The summed E-state index contributed by atoms with van der Waals surface area (Å²) in [6.07, 6.45) is 2.49. The summed E-state index contributed by atoms with van der Waals surface area (Å²) in [6, 6.07) is 23.3. The van der Waals surface area contributed by atoms with Crippen LogP contribution >= 0.6 is 0 Å². The average Bonchev–Trinajstić information content (AvgIpc) is 3.65. The fourth-order valence-electron chi connectivity index (χ4n) is 5.36. The molecule has 228 valence electrons. The van der Waals surface area contributed by atoms with Crippen LogP contribution in [0.2, 0.25) is 0 Å². The highest BCUT2D eigenvalue weighted by Crippen LogP contribution is 2.35. The molecule has 1 saturated heterocycles. The molecule has 0 bridgehead atoms. The van der Waals surface area contributed by atoms with Crippen LogP contribution in [0.15, 0.2) is 72.8 Å². The third-order valence-electron chi connectivity index (χ3n) is 7.53. The number of primary amides is 1. The van der Waals surface area contributed by atoms with Gasteiger partial charge in [0.25, 0.3) is 0 Å². The van der Waals surface area contributed by atoms with Crippen LogP contribution in [0, 0.1) is 0 Å². The van der Waals surface area contributed by atoms with E-state index in [2.05, 4.69) is 15.2 Å². The third kappa shape index (κ3) is 7.84. The van der Waals surface area contributed by atoms with Gasteiger partial charge in [-0.25, -0.2) is 4.98 Å². The van der Waals surface area contributed by atoms with Gasteiger partial charge in [0.15, 0.2) is 11.5 Å². The molecule has 1 aromatic heterocycles. The van der Waals surface area contributed by atoms with Gasteiger partial charge < -0.3 is 35.7 Å². The number of nitrogens with zero attached hydrogens (tertiary/aromatic N) is 2. The summed E-state index contributed by atoms with van der Waals surface area (Å²) < 4.78 is 20.2. The Bertz CT molecular complexity index is 1480. The molecule has 1 fully saturated rings. The molecule has 3 atom stereocenters. The average molecular weight is 588 g/mol. The summed E-state index contributed by atoms with van der Waals surface area (Å²) in [5.74, 6) is 1.69. The van der Waals surface area contributed by atoms with Crippen LogP contribution < -0.4 is 25.8 Å². The van der Waals surface area contributed by atoms with Crippen molar-refractivity contribution in [3.05, 3.63) is 83.9 Å². The Morgan fingerprint density at radius 3 is 2.65 bits per heavy atom. The molecule has 1 aliphatic heterocycles. The summed E-state index contributed by atoms with van der Waals surface area (Å²) in [6.45, 7) is 4.02. The first-order chi connectivity index (χ1) is 21.1. The zero-order valence-electron chi connectivity index (χ0n) is 24.6. The lowest BCUT2D eigenvalue weighted by molar-refractivity contribution is -0.120. The van der Waals surface area contributed by atoms with Crippen molar-refractivity contribution in [2.45, 2.75) is 57.5 Å². The number of hydrogen-bond acceptors (Lipinski definition) is 8. The Hall–Kier alpha value is -4.12. The van der Waals surface area contributed by atoms with Gasteiger partial charge in [0.05, 0.1) is 43.0 Å². The van der Waals surface area contributed by atoms with E-state index in [4.69, 9.17) is 24.9 Å². The number of anilines is 1. The van der Waals surface area contributed by atoms with Crippen molar-refractivity contribution >= 4 is 22.9 Å². The molecular formula is C33H41N5O5. The van der Waals surface area contributed by atoms with Crippen molar-refractivity contribution in [3.8, 4) is 11.5 Å². The van der Waals surface area contributed by atoms with E-state index in [1.165, 1.54) is 0 Å². The summed E-state index contributed by atoms with van der Waals surface area (Å²) in [7, 11) is 0. The van der Waals surface area contributed by atoms with E-state index in [-0.39, 0.29) is 24.8 Å². The molecule has 10 heteroatoms. The molecule has 0 spiro atoms. The predicted molar refractivity (Wildman–Crippen MR) is 166 cm³/mol. The topological polar surface area (TPSA) is 133 Å². The lowest BCUT2D eigenvalue weighted by atomic mass is 10.1. The molecule has 1 amide bonds. The molecular weight excluding hydrogens is 546 g/mol. The smallest absolute Gasteiger partial charge is 0.234 e. The van der Waals surface area contributed by atoms with E-state index < -0.39 is 6.04 Å². The van der Waals surface area contributed by atoms with Gasteiger partial charge in [-0.3, -0.25) is 9.36 Å². The van der Waals surface area contributed by atoms with Crippen LogP contribution in [-0.4, -0.2) is 59.1 Å². The van der Waals surface area contributed by atoms with Gasteiger partial charge in [0, 0.05) is 6.54 Å². The van der Waals surface area contributed by atoms with Crippen LogP contribution in [0.5, 0.6) is 11.5 Å². The van der Waals surface area contributed by atoms with Crippen molar-refractivity contribution in [2.75, 3.05) is 31.7 Å². The number of para-hydroxylation sites is 2. The second-order valence-corrected chi connectivity index (χ2v) is 10.6. The van der Waals surface area contributed by atoms with Crippen LogP contribution in [0.25, 0.3) is 11.0 Å². The third-order valence-corrected chi connectivity index (χ3v) is 7.53. The SMILES string of the molecule is CCOc1ccc(CNc2nc3ccccc3n2[C@H]2CC[C@@H](CO)O2)cc1OCCCN[C@@H](Cc1ccccc1)C(N)=O. The maximum Gasteiger partial charge on any atom is 0.234 e. The normalized spacial score (nSPS) is 17.2. The molecule has 0 saturated carbocycles. The number of rotatable bonds is 16.